The highest BCUT2D eigenvalue weighted by atomic mass is 16.5. The van der Waals surface area contributed by atoms with E-state index in [1.54, 1.807) is 12.3 Å². The maximum atomic E-state index is 5.27. The second kappa shape index (κ2) is 3.47. The summed E-state index contributed by atoms with van der Waals surface area (Å²) in [7, 11) is 0. The first kappa shape index (κ1) is 8.60. The summed E-state index contributed by atoms with van der Waals surface area (Å²) in [6, 6.07) is 1.79. The summed E-state index contributed by atoms with van der Waals surface area (Å²) >= 11 is 0. The van der Waals surface area contributed by atoms with Crippen LogP contribution in [0, 0.1) is 0 Å². The van der Waals surface area contributed by atoms with E-state index in [4.69, 9.17) is 9.26 Å². The topological polar surface area (TPSA) is 76.8 Å². The fourth-order valence-corrected chi connectivity index (χ4v) is 1.62. The van der Waals surface area contributed by atoms with Crippen molar-refractivity contribution in [3.63, 3.8) is 0 Å². The van der Waals surface area contributed by atoms with E-state index in [0.717, 1.165) is 24.5 Å². The summed E-state index contributed by atoms with van der Waals surface area (Å²) in [5.41, 5.74) is 0.743. The van der Waals surface area contributed by atoms with E-state index in [0.29, 0.717) is 12.5 Å². The van der Waals surface area contributed by atoms with Gasteiger partial charge in [-0.25, -0.2) is 0 Å². The normalized spacial score (nSPS) is 20.9. The van der Waals surface area contributed by atoms with Crippen LogP contribution >= 0.6 is 0 Å². The smallest absolute Gasteiger partial charge is 0.275 e. The summed E-state index contributed by atoms with van der Waals surface area (Å²) in [6.45, 7) is 1.46. The number of hydrogen-bond donors (Lipinski definition) is 1. The Bertz CT molecular complexity index is 431. The first-order chi connectivity index (χ1) is 7.43. The molecule has 0 amide bonds. The van der Waals surface area contributed by atoms with Crippen LogP contribution in [0.3, 0.4) is 0 Å². The van der Waals surface area contributed by atoms with Crippen molar-refractivity contribution in [2.45, 2.75) is 12.3 Å². The van der Waals surface area contributed by atoms with E-state index >= 15 is 0 Å². The van der Waals surface area contributed by atoms with Crippen LogP contribution in [0.4, 0.5) is 0 Å². The second-order valence-corrected chi connectivity index (χ2v) is 3.49. The summed E-state index contributed by atoms with van der Waals surface area (Å²) in [6.07, 6.45) is 2.61. The molecule has 1 atom stereocenters. The van der Waals surface area contributed by atoms with Gasteiger partial charge in [0.15, 0.2) is 5.82 Å². The summed E-state index contributed by atoms with van der Waals surface area (Å²) in [4.78, 5) is 4.31. The number of ether oxygens (including phenoxy) is 1. The fraction of sp³-hybridized carbons (Fsp3) is 0.444. The van der Waals surface area contributed by atoms with Gasteiger partial charge in [-0.05, 0) is 12.5 Å². The molecule has 1 N–H and O–H groups in total. The molecule has 2 aromatic heterocycles. The molecule has 2 aromatic rings. The SMILES string of the molecule is c1cc(-c2nc(C3CCOC3)no2)[nH]n1. The van der Waals surface area contributed by atoms with Crippen LogP contribution in [0.2, 0.25) is 0 Å². The average molecular weight is 206 g/mol. The predicted molar refractivity (Wildman–Crippen MR) is 50.1 cm³/mol. The van der Waals surface area contributed by atoms with Crippen molar-refractivity contribution in [2.75, 3.05) is 13.2 Å². The molecule has 6 heteroatoms. The molecule has 0 bridgehead atoms. The van der Waals surface area contributed by atoms with Crippen molar-refractivity contribution >= 4 is 0 Å². The summed E-state index contributed by atoms with van der Waals surface area (Å²) in [5, 5.41) is 10.5. The van der Waals surface area contributed by atoms with Crippen molar-refractivity contribution in [1.29, 1.82) is 0 Å². The highest BCUT2D eigenvalue weighted by molar-refractivity contribution is 5.44. The van der Waals surface area contributed by atoms with Gasteiger partial charge in [0, 0.05) is 18.7 Å². The molecule has 3 rings (SSSR count). The molecule has 1 aliphatic rings. The second-order valence-electron chi connectivity index (χ2n) is 3.49. The Morgan fingerprint density at radius 3 is 3.20 bits per heavy atom. The molecule has 1 saturated heterocycles. The molecular formula is C9H10N4O2. The minimum absolute atomic E-state index is 0.269. The monoisotopic (exact) mass is 206 g/mol. The number of rotatable bonds is 2. The predicted octanol–water partition coefficient (Wildman–Crippen LogP) is 0.964. The van der Waals surface area contributed by atoms with Gasteiger partial charge in [-0.3, -0.25) is 5.10 Å². The minimum Gasteiger partial charge on any atom is -0.381 e. The van der Waals surface area contributed by atoms with Crippen molar-refractivity contribution in [3.05, 3.63) is 18.1 Å². The number of aromatic amines is 1. The zero-order chi connectivity index (χ0) is 10.1. The molecule has 0 radical (unpaired) electrons. The van der Waals surface area contributed by atoms with Gasteiger partial charge in [-0.2, -0.15) is 10.1 Å². The van der Waals surface area contributed by atoms with Crippen molar-refractivity contribution in [2.24, 2.45) is 0 Å². The number of nitrogens with zero attached hydrogens (tertiary/aromatic N) is 3. The van der Waals surface area contributed by atoms with Crippen LogP contribution < -0.4 is 0 Å². The van der Waals surface area contributed by atoms with Gasteiger partial charge in [0.25, 0.3) is 5.89 Å². The van der Waals surface area contributed by atoms with E-state index in [1.165, 1.54) is 0 Å². The Balaban J connectivity index is 1.87. The molecule has 1 fully saturated rings. The summed E-state index contributed by atoms with van der Waals surface area (Å²) in [5.74, 6) is 1.47. The van der Waals surface area contributed by atoms with Crippen molar-refractivity contribution in [1.82, 2.24) is 20.3 Å². The maximum Gasteiger partial charge on any atom is 0.275 e. The van der Waals surface area contributed by atoms with Crippen LogP contribution in [0.1, 0.15) is 18.2 Å². The molecule has 0 spiro atoms. The summed E-state index contributed by atoms with van der Waals surface area (Å²) < 4.78 is 10.4. The van der Waals surface area contributed by atoms with Gasteiger partial charge in [-0.1, -0.05) is 5.16 Å². The zero-order valence-electron chi connectivity index (χ0n) is 8.01. The minimum atomic E-state index is 0.269. The molecule has 1 aliphatic heterocycles. The highest BCUT2D eigenvalue weighted by Crippen LogP contribution is 2.24. The fourth-order valence-electron chi connectivity index (χ4n) is 1.62. The molecular weight excluding hydrogens is 196 g/mol. The molecule has 3 heterocycles. The largest absolute Gasteiger partial charge is 0.381 e. The third-order valence-corrected chi connectivity index (χ3v) is 2.47. The molecule has 0 aromatic carbocycles. The number of H-pyrrole nitrogens is 1. The van der Waals surface area contributed by atoms with Crippen LogP contribution in [-0.2, 0) is 4.74 Å². The van der Waals surface area contributed by atoms with Gasteiger partial charge in [0.05, 0.1) is 6.61 Å². The van der Waals surface area contributed by atoms with E-state index in [2.05, 4.69) is 20.3 Å². The van der Waals surface area contributed by atoms with Crippen LogP contribution in [-0.4, -0.2) is 33.6 Å². The van der Waals surface area contributed by atoms with Crippen LogP contribution in [0.5, 0.6) is 0 Å². The van der Waals surface area contributed by atoms with Gasteiger partial charge < -0.3 is 9.26 Å². The molecule has 0 saturated carbocycles. The van der Waals surface area contributed by atoms with Crippen LogP contribution in [0.25, 0.3) is 11.6 Å². The van der Waals surface area contributed by atoms with Gasteiger partial charge in [0.1, 0.15) is 5.69 Å². The molecule has 0 aliphatic carbocycles. The van der Waals surface area contributed by atoms with Gasteiger partial charge >= 0.3 is 0 Å². The standard InChI is InChI=1S/C9H10N4O2/c1-3-10-12-7(1)9-11-8(13-15-9)6-2-4-14-5-6/h1,3,6H,2,4-5H2,(H,10,12). The molecule has 6 nitrogen and oxygen atoms in total. The average Bonchev–Trinajstić information content (AvgIpc) is 3.02. The van der Waals surface area contributed by atoms with E-state index < -0.39 is 0 Å². The Morgan fingerprint density at radius 1 is 1.47 bits per heavy atom. The first-order valence-corrected chi connectivity index (χ1v) is 4.84. The third-order valence-electron chi connectivity index (χ3n) is 2.47. The quantitative estimate of drug-likeness (QED) is 0.792. The highest BCUT2D eigenvalue weighted by Gasteiger charge is 2.23. The lowest BCUT2D eigenvalue weighted by Crippen LogP contribution is -1.99. The molecule has 1 unspecified atom stereocenters. The maximum absolute atomic E-state index is 5.27. The Kier molecular flexibility index (Phi) is 1.99. The van der Waals surface area contributed by atoms with E-state index in [9.17, 15) is 0 Å². The first-order valence-electron chi connectivity index (χ1n) is 4.84. The van der Waals surface area contributed by atoms with Crippen molar-refractivity contribution < 1.29 is 9.26 Å². The van der Waals surface area contributed by atoms with E-state index in [1.807, 2.05) is 0 Å². The lowest BCUT2D eigenvalue weighted by molar-refractivity contribution is 0.192. The Labute approximate surface area is 85.6 Å². The van der Waals surface area contributed by atoms with Gasteiger partial charge in [-0.15, -0.1) is 0 Å². The molecule has 78 valence electrons. The number of hydrogen-bond acceptors (Lipinski definition) is 5. The zero-order valence-corrected chi connectivity index (χ0v) is 8.01. The Hall–Kier alpha value is -1.69. The lowest BCUT2D eigenvalue weighted by atomic mass is 10.1. The van der Waals surface area contributed by atoms with Crippen LogP contribution in [0.15, 0.2) is 16.8 Å². The lowest BCUT2D eigenvalue weighted by Gasteiger charge is -1.97. The van der Waals surface area contributed by atoms with E-state index in [-0.39, 0.29) is 5.92 Å². The third kappa shape index (κ3) is 1.52. The van der Waals surface area contributed by atoms with Gasteiger partial charge in [0.2, 0.25) is 0 Å². The number of nitrogens with one attached hydrogen (secondary N) is 1. The number of aromatic nitrogens is 4. The Morgan fingerprint density at radius 2 is 2.47 bits per heavy atom. The molecule has 15 heavy (non-hydrogen) atoms. The van der Waals surface area contributed by atoms with Crippen molar-refractivity contribution in [3.8, 4) is 11.6 Å².